The van der Waals surface area contributed by atoms with Gasteiger partial charge in [-0.2, -0.15) is 80.2 Å². The summed E-state index contributed by atoms with van der Waals surface area (Å²) in [7, 11) is -8.61. The first-order chi connectivity index (χ1) is 66.2. The highest BCUT2D eigenvalue weighted by Crippen LogP contribution is 2.45. The zero-order chi connectivity index (χ0) is 99.4. The summed E-state index contributed by atoms with van der Waals surface area (Å²) in [5, 5.41) is 42.3. The zero-order valence-electron chi connectivity index (χ0n) is 74.0. The molecule has 41 nitrogen and oxygen atoms in total. The van der Waals surface area contributed by atoms with Crippen molar-refractivity contribution in [2.24, 2.45) is 28.2 Å². The first-order valence-corrected chi connectivity index (χ1v) is 47.9. The molecule has 2 aliphatic rings. The van der Waals surface area contributed by atoms with E-state index in [1.54, 1.807) is 105 Å². The minimum absolute atomic E-state index is 0.0101. The molecule has 1 saturated heterocycles. The van der Waals surface area contributed by atoms with Gasteiger partial charge in [0, 0.05) is 138 Å². The van der Waals surface area contributed by atoms with E-state index in [9.17, 15) is 88.0 Å². The summed E-state index contributed by atoms with van der Waals surface area (Å²) < 4.78 is 239. The van der Waals surface area contributed by atoms with Crippen molar-refractivity contribution >= 4 is 109 Å². The highest BCUT2D eigenvalue weighted by Gasteiger charge is 2.39. The third kappa shape index (κ3) is 21.2. The second-order valence-electron chi connectivity index (χ2n) is 31.0. The van der Waals surface area contributed by atoms with Crippen LogP contribution in [0.4, 0.5) is 57.9 Å². The molecule has 13 heterocycles. The van der Waals surface area contributed by atoms with Crippen molar-refractivity contribution in [2.45, 2.75) is 122 Å². The number of sulfonamides is 1. The Morgan fingerprint density at radius 2 is 0.647 bits per heavy atom. The van der Waals surface area contributed by atoms with Crippen molar-refractivity contribution in [3.63, 3.8) is 0 Å². The number of nitrogens with one attached hydrogen (secondary N) is 4. The van der Waals surface area contributed by atoms with Crippen LogP contribution in [0.2, 0.25) is 0 Å². The van der Waals surface area contributed by atoms with Gasteiger partial charge in [0.25, 0.3) is 23.6 Å². The number of halogens is 8. The van der Waals surface area contributed by atoms with Crippen LogP contribution in [0.1, 0.15) is 101 Å². The number of rotatable bonds is 30. The van der Waals surface area contributed by atoms with Crippen molar-refractivity contribution in [3.05, 3.63) is 218 Å². The van der Waals surface area contributed by atoms with E-state index >= 15 is 0 Å². The number of ether oxygens (including phenoxy) is 4. The number of amides is 4. The summed E-state index contributed by atoms with van der Waals surface area (Å²) in [6.45, 7) is -5.25. The number of nitrogens with zero attached hydrogens (tertiary/aromatic N) is 21. The molecule has 1 saturated carbocycles. The summed E-state index contributed by atoms with van der Waals surface area (Å²) in [6.07, 6.45) is 26.4. The molecule has 726 valence electrons. The Hall–Kier alpha value is -15.5. The first kappa shape index (κ1) is 98.0. The molecule has 2 atom stereocenters. The van der Waals surface area contributed by atoms with Gasteiger partial charge >= 0.3 is 26.4 Å². The lowest BCUT2D eigenvalue weighted by Gasteiger charge is -2.29. The van der Waals surface area contributed by atoms with Crippen LogP contribution in [0.15, 0.2) is 216 Å². The summed E-state index contributed by atoms with van der Waals surface area (Å²) in [5.41, 5.74) is 2.86. The van der Waals surface area contributed by atoms with Gasteiger partial charge in [0.2, 0.25) is 10.0 Å². The van der Waals surface area contributed by atoms with Crippen LogP contribution in [0.3, 0.4) is 0 Å². The van der Waals surface area contributed by atoms with Crippen molar-refractivity contribution < 1.29 is 107 Å². The van der Waals surface area contributed by atoms with Crippen LogP contribution in [0.25, 0.3) is 67.6 Å². The molecule has 1 aliphatic carbocycles. The minimum atomic E-state index is -3.82. The van der Waals surface area contributed by atoms with Crippen LogP contribution in [-0.2, 0) is 67.7 Å². The molecule has 53 heteroatoms. The maximum absolute atomic E-state index is 13.1. The lowest BCUT2D eigenvalue weighted by molar-refractivity contribution is -0.0501. The fourth-order valence-corrected chi connectivity index (χ4v) is 20.3. The van der Waals surface area contributed by atoms with Gasteiger partial charge in [0.05, 0.1) is 82.9 Å². The molecule has 0 radical (unpaired) electrons. The average molecular weight is 2000 g/mol. The number of benzene rings is 4. The van der Waals surface area contributed by atoms with Crippen molar-refractivity contribution in [1.29, 1.82) is 0 Å². The fraction of sp³-hybridized carbons (Fsp3) is 0.256. The molecule has 16 aromatic rings. The number of aromatic nitrogens is 20. The monoisotopic (exact) mass is 2000 g/mol. The summed E-state index contributed by atoms with van der Waals surface area (Å²) in [5.74, 6) is -3.36. The maximum atomic E-state index is 13.1. The Kier molecular flexibility index (Phi) is 28.5. The van der Waals surface area contributed by atoms with E-state index in [1.165, 1.54) is 170 Å². The predicted molar refractivity (Wildman–Crippen MR) is 482 cm³/mol. The number of hydrogen-bond donors (Lipinski definition) is 4. The van der Waals surface area contributed by atoms with Crippen LogP contribution < -0.4 is 40.2 Å². The Labute approximate surface area is 783 Å². The lowest BCUT2D eigenvalue weighted by Crippen LogP contribution is -2.41. The predicted octanol–water partition coefficient (Wildman–Crippen LogP) is 12.4. The Balaban J connectivity index is 0.000000140. The maximum Gasteiger partial charge on any atom is 0.387 e. The van der Waals surface area contributed by atoms with Crippen molar-refractivity contribution in [2.75, 3.05) is 34.4 Å². The van der Waals surface area contributed by atoms with Crippen molar-refractivity contribution in [1.82, 2.24) is 102 Å². The second-order valence-corrected chi connectivity index (χ2v) is 39.9. The first-order valence-electron chi connectivity index (χ1n) is 41.8. The Morgan fingerprint density at radius 1 is 0.388 bits per heavy atom. The van der Waals surface area contributed by atoms with Crippen molar-refractivity contribution in [3.8, 4) is 68.0 Å². The topological polar surface area (TPSA) is 485 Å². The van der Waals surface area contributed by atoms with E-state index in [0.717, 1.165) is 24.6 Å². The van der Waals surface area contributed by atoms with Crippen LogP contribution >= 0.6 is 0 Å². The molecular formula is C86H81F8N25O16S4. The van der Waals surface area contributed by atoms with Gasteiger partial charge in [-0.1, -0.05) is 13.8 Å². The molecule has 4 amide bonds. The van der Waals surface area contributed by atoms with Crippen LogP contribution in [0.5, 0.6) is 23.0 Å². The van der Waals surface area contributed by atoms with Gasteiger partial charge in [0.15, 0.2) is 52.1 Å². The number of fused-ring (bicyclic) bond motifs is 4. The molecule has 4 N–H and O–H groups in total. The highest BCUT2D eigenvalue weighted by molar-refractivity contribution is 7.92. The quantitative estimate of drug-likeness (QED) is 0.0304. The summed E-state index contributed by atoms with van der Waals surface area (Å²) in [6, 6.07) is 21.1. The van der Waals surface area contributed by atoms with Gasteiger partial charge in [-0.3, -0.25) is 37.9 Å². The molecule has 2 unspecified atom stereocenters. The molecule has 18 rings (SSSR count). The molecule has 2 fully saturated rings. The molecule has 0 bridgehead atoms. The van der Waals surface area contributed by atoms with E-state index in [-0.39, 0.29) is 133 Å². The molecule has 4 aromatic carbocycles. The average Bonchev–Trinajstić information content (AvgIpc) is 1.64. The van der Waals surface area contributed by atoms with E-state index in [1.807, 2.05) is 0 Å². The highest BCUT2D eigenvalue weighted by atomic mass is 32.2. The van der Waals surface area contributed by atoms with Crippen LogP contribution in [0, 0.1) is 0 Å². The number of carbonyl (C=O) groups is 4. The molecule has 1 aliphatic heterocycles. The normalized spacial score (nSPS) is 13.4. The van der Waals surface area contributed by atoms with Gasteiger partial charge in [-0.05, 0) is 143 Å². The Morgan fingerprint density at radius 3 is 0.899 bits per heavy atom. The van der Waals surface area contributed by atoms with E-state index in [4.69, 9.17) is 0 Å². The number of carbonyl (C=O) groups excluding carboxylic acids is 4. The molecule has 12 aromatic heterocycles. The van der Waals surface area contributed by atoms with Gasteiger partial charge in [0.1, 0.15) is 68.0 Å². The standard InChI is InChI=1S/2C22H22F2N6O4S.C21H19F2N7O4S.C21H18F2N6O4S/c2*1-4-13(2)35(32,33)14-6-7-18(34-22(23)24)15(10-14)19-17(12-29(3)28-19)27-21(31)16-11-26-30-9-5-8-25-20(16)30;1-28-12-16(26-20(31)15-11-25-30-9-2-6-24-19(15)30)18(27-28)14-10-13(4-5-17(14)34-21(22)23)35(32,33)29-7-3-8-29;1-28-11-16(26-20(30)15-10-25-29-8-2-7-24-19(15)29)18(27-28)14-9-13(34(31,32)12-3-4-12)5-6-17(14)33-21(22)23/h2*5-13,22H,4H2,1-3H3,(H,27,31);2,4-6,9-12,21H,3,7-8H2,1H3,(H,26,31);2,5-12,21H,3-4H2,1H3,(H,26,30). The number of hydrogen-bond acceptors (Lipinski definition) is 28. The van der Waals surface area contributed by atoms with E-state index < -0.39 is 105 Å². The number of anilines is 4. The summed E-state index contributed by atoms with van der Waals surface area (Å²) >= 11 is 0. The second kappa shape index (κ2) is 40.4. The zero-order valence-corrected chi connectivity index (χ0v) is 77.3. The minimum Gasteiger partial charge on any atom is -0.434 e. The van der Waals surface area contributed by atoms with E-state index in [2.05, 4.69) is 101 Å². The molecular weight excluding hydrogens is 1920 g/mol. The SMILES string of the molecule is CCC(C)S(=O)(=O)c1ccc(OC(F)F)c(-c2nn(C)cc2NC(=O)c2cnn3cccnc23)c1.CCC(C)S(=O)(=O)c1ccc(OC(F)F)c(-c2nn(C)cc2NC(=O)c2cnn3cccnc23)c1.Cn1cc(NC(=O)c2cnn3cccnc23)c(-c2cc(S(=O)(=O)C3CC3)ccc2OC(F)F)n1.Cn1cc(NC(=O)c2cnn3cccnc23)c(-c2cc(S(=O)(=O)N3CCC3)ccc2OC(F)F)n1. The van der Waals surface area contributed by atoms with Gasteiger partial charge in [-0.15, -0.1) is 0 Å². The van der Waals surface area contributed by atoms with Gasteiger partial charge < -0.3 is 40.2 Å². The van der Waals surface area contributed by atoms with Crippen LogP contribution in [-0.4, -0.2) is 214 Å². The molecule has 139 heavy (non-hydrogen) atoms. The smallest absolute Gasteiger partial charge is 0.387 e. The summed E-state index contributed by atoms with van der Waals surface area (Å²) in [4.78, 5) is 68.3. The number of sulfone groups is 3. The largest absolute Gasteiger partial charge is 0.434 e. The number of alkyl halides is 8. The fourth-order valence-electron chi connectivity index (χ4n) is 14.2. The Bertz CT molecular complexity index is 7330. The third-order valence-corrected chi connectivity index (χ3v) is 30.5. The third-order valence-electron chi connectivity index (χ3n) is 21.7. The van der Waals surface area contributed by atoms with E-state index in [0.29, 0.717) is 61.4 Å². The van der Waals surface area contributed by atoms with Gasteiger partial charge in [-0.25, -0.2) is 71.7 Å². The molecule has 0 spiro atoms. The lowest BCUT2D eigenvalue weighted by atomic mass is 10.1. The number of aryl methyl sites for hydroxylation is 4.